The fraction of sp³-hybridized carbons (Fsp3) is 0.222. The summed E-state index contributed by atoms with van der Waals surface area (Å²) < 4.78 is 13.0. The van der Waals surface area contributed by atoms with E-state index in [2.05, 4.69) is 23.1 Å². The van der Waals surface area contributed by atoms with Gasteiger partial charge in [0.15, 0.2) is 0 Å². The minimum Gasteiger partial charge on any atom is -0.397 e. The summed E-state index contributed by atoms with van der Waals surface area (Å²) in [5, 5.41) is 2.79. The first-order valence-corrected chi connectivity index (χ1v) is 7.99. The van der Waals surface area contributed by atoms with Gasteiger partial charge in [0.2, 0.25) is 5.91 Å². The lowest BCUT2D eigenvalue weighted by atomic mass is 10.2. The quantitative estimate of drug-likeness (QED) is 0.498. The van der Waals surface area contributed by atoms with Crippen molar-refractivity contribution in [2.24, 2.45) is 0 Å². The molecule has 1 aromatic heterocycles. The van der Waals surface area contributed by atoms with Crippen molar-refractivity contribution in [2.45, 2.75) is 26.6 Å². The van der Waals surface area contributed by atoms with Gasteiger partial charge in [-0.2, -0.15) is 0 Å². The largest absolute Gasteiger partial charge is 0.397 e. The Morgan fingerprint density at radius 1 is 1.28 bits per heavy atom. The van der Waals surface area contributed by atoms with Crippen molar-refractivity contribution in [3.8, 4) is 11.4 Å². The number of carbonyl (C=O) groups excluding carboxylic acids is 1. The van der Waals surface area contributed by atoms with Crippen LogP contribution in [0, 0.1) is 5.82 Å². The Bertz CT molecular complexity index is 861. The molecule has 0 spiro atoms. The molecule has 0 saturated carbocycles. The molecule has 7 heteroatoms. The van der Waals surface area contributed by atoms with Crippen LogP contribution >= 0.6 is 0 Å². The van der Waals surface area contributed by atoms with Crippen LogP contribution in [0.3, 0.4) is 0 Å². The minimum atomic E-state index is -0.296. The number of halogens is 1. The van der Waals surface area contributed by atoms with Gasteiger partial charge < -0.3 is 16.0 Å². The zero-order valence-corrected chi connectivity index (χ0v) is 14.3. The van der Waals surface area contributed by atoms with Gasteiger partial charge in [-0.1, -0.05) is 13.7 Å². The van der Waals surface area contributed by atoms with E-state index >= 15 is 0 Å². The molecular formula is C18H20BFN4O. The van der Waals surface area contributed by atoms with Crippen LogP contribution < -0.4 is 11.1 Å². The first kappa shape index (κ1) is 18.5. The molecule has 0 bridgehead atoms. The van der Waals surface area contributed by atoms with E-state index in [1.807, 2.05) is 6.92 Å². The molecule has 128 valence electrons. The number of carbonyl (C=O) groups is 1. The lowest BCUT2D eigenvalue weighted by Crippen LogP contribution is -2.12. The molecule has 0 aliphatic carbocycles. The number of hydrogen-bond acceptors (Lipinski definition) is 3. The van der Waals surface area contributed by atoms with Crippen molar-refractivity contribution in [3.63, 3.8) is 0 Å². The maximum absolute atomic E-state index is 13.0. The molecule has 0 aliphatic rings. The maximum Gasteiger partial charge on any atom is 0.224 e. The summed E-state index contributed by atoms with van der Waals surface area (Å²) in [7, 11) is 4.50. The van der Waals surface area contributed by atoms with E-state index in [1.165, 1.54) is 19.0 Å². The number of benzene rings is 2. The standard InChI is InChI=1S/C17H17FN4O.CH3B/c1-2-3-16(23)20-13-9-15-14(8-12(13)19)21-17(22-15)10-4-6-11(18)7-5-10;1-2/h4-9H,2-3,19H2,1H3,(H,20,23)(H,21,22);1H3. The molecule has 0 atom stereocenters. The number of aromatic nitrogens is 2. The topological polar surface area (TPSA) is 83.8 Å². The van der Waals surface area contributed by atoms with Gasteiger partial charge >= 0.3 is 0 Å². The van der Waals surface area contributed by atoms with E-state index in [9.17, 15) is 9.18 Å². The second-order valence-electron chi connectivity index (χ2n) is 5.35. The van der Waals surface area contributed by atoms with E-state index in [4.69, 9.17) is 5.73 Å². The Balaban J connectivity index is 0.00000109. The summed E-state index contributed by atoms with van der Waals surface area (Å²) >= 11 is 0. The third kappa shape index (κ3) is 4.38. The van der Waals surface area contributed by atoms with Crippen LogP contribution in [0.2, 0.25) is 6.82 Å². The summed E-state index contributed by atoms with van der Waals surface area (Å²) in [5.41, 5.74) is 9.23. The molecule has 2 radical (unpaired) electrons. The summed E-state index contributed by atoms with van der Waals surface area (Å²) in [6.45, 7) is 3.44. The molecule has 2 aromatic carbocycles. The summed E-state index contributed by atoms with van der Waals surface area (Å²) in [6, 6.07) is 9.54. The van der Waals surface area contributed by atoms with E-state index in [-0.39, 0.29) is 11.7 Å². The molecule has 25 heavy (non-hydrogen) atoms. The van der Waals surface area contributed by atoms with Gasteiger partial charge in [-0.3, -0.25) is 4.79 Å². The molecule has 0 unspecified atom stereocenters. The zero-order valence-electron chi connectivity index (χ0n) is 14.3. The number of nitrogens with two attached hydrogens (primary N) is 1. The number of hydrogen-bond donors (Lipinski definition) is 3. The van der Waals surface area contributed by atoms with E-state index in [0.717, 1.165) is 17.5 Å². The number of amides is 1. The summed E-state index contributed by atoms with van der Waals surface area (Å²) in [4.78, 5) is 19.4. The van der Waals surface area contributed by atoms with Crippen LogP contribution in [0.4, 0.5) is 15.8 Å². The molecule has 4 N–H and O–H groups in total. The fourth-order valence-electron chi connectivity index (χ4n) is 2.37. The number of anilines is 2. The molecule has 3 aromatic rings. The maximum atomic E-state index is 13.0. The third-order valence-electron chi connectivity index (χ3n) is 3.52. The lowest BCUT2D eigenvalue weighted by Gasteiger charge is -2.07. The highest BCUT2D eigenvalue weighted by atomic mass is 19.1. The number of nitrogen functional groups attached to an aromatic ring is 1. The second-order valence-corrected chi connectivity index (χ2v) is 5.35. The molecule has 0 fully saturated rings. The van der Waals surface area contributed by atoms with E-state index in [1.54, 1.807) is 24.3 Å². The van der Waals surface area contributed by atoms with Crippen molar-refractivity contribution in [1.82, 2.24) is 9.97 Å². The van der Waals surface area contributed by atoms with Gasteiger partial charge in [0, 0.05) is 12.0 Å². The van der Waals surface area contributed by atoms with Crippen molar-refractivity contribution >= 4 is 36.2 Å². The average Bonchev–Trinajstić information content (AvgIpc) is 3.00. The van der Waals surface area contributed by atoms with Crippen LogP contribution in [-0.2, 0) is 4.79 Å². The molecular weight excluding hydrogens is 318 g/mol. The van der Waals surface area contributed by atoms with Crippen LogP contribution in [-0.4, -0.2) is 23.7 Å². The van der Waals surface area contributed by atoms with Crippen molar-refractivity contribution in [1.29, 1.82) is 0 Å². The summed E-state index contributed by atoms with van der Waals surface area (Å²) in [5.74, 6) is 0.249. The fourth-order valence-corrected chi connectivity index (χ4v) is 2.37. The van der Waals surface area contributed by atoms with Gasteiger partial charge in [0.1, 0.15) is 11.6 Å². The van der Waals surface area contributed by atoms with Gasteiger partial charge in [0.25, 0.3) is 0 Å². The highest BCUT2D eigenvalue weighted by Gasteiger charge is 2.10. The number of nitrogens with zero attached hydrogens (tertiary/aromatic N) is 1. The van der Waals surface area contributed by atoms with Gasteiger partial charge in [-0.15, -0.1) is 0 Å². The highest BCUT2D eigenvalue weighted by Crippen LogP contribution is 2.27. The second kappa shape index (κ2) is 8.33. The minimum absolute atomic E-state index is 0.0761. The average molecular weight is 338 g/mol. The number of H-pyrrole nitrogens is 1. The Labute approximate surface area is 147 Å². The molecule has 0 saturated heterocycles. The van der Waals surface area contributed by atoms with Crippen LogP contribution in [0.25, 0.3) is 22.4 Å². The highest BCUT2D eigenvalue weighted by molar-refractivity contribution is 6.05. The number of nitrogens with one attached hydrogen (secondary N) is 2. The predicted octanol–water partition coefficient (Wildman–Crippen LogP) is 3.89. The smallest absolute Gasteiger partial charge is 0.224 e. The monoisotopic (exact) mass is 338 g/mol. The van der Waals surface area contributed by atoms with Crippen LogP contribution in [0.1, 0.15) is 19.8 Å². The molecule has 1 amide bonds. The van der Waals surface area contributed by atoms with Crippen molar-refractivity contribution < 1.29 is 9.18 Å². The molecule has 0 aliphatic heterocycles. The van der Waals surface area contributed by atoms with E-state index in [0.29, 0.717) is 29.1 Å². The van der Waals surface area contributed by atoms with Crippen LogP contribution in [0.5, 0.6) is 0 Å². The number of rotatable bonds is 4. The van der Waals surface area contributed by atoms with Gasteiger partial charge in [0.05, 0.1) is 30.3 Å². The normalized spacial score (nSPS) is 10.2. The van der Waals surface area contributed by atoms with Gasteiger partial charge in [-0.25, -0.2) is 9.37 Å². The summed E-state index contributed by atoms with van der Waals surface area (Å²) in [6.07, 6.45) is 1.21. The lowest BCUT2D eigenvalue weighted by molar-refractivity contribution is -0.116. The number of fused-ring (bicyclic) bond motifs is 1. The molecule has 5 nitrogen and oxygen atoms in total. The molecule has 3 rings (SSSR count). The number of aromatic amines is 1. The van der Waals surface area contributed by atoms with Crippen molar-refractivity contribution in [2.75, 3.05) is 11.1 Å². The Morgan fingerprint density at radius 2 is 1.96 bits per heavy atom. The first-order valence-electron chi connectivity index (χ1n) is 7.99. The predicted molar refractivity (Wildman–Crippen MR) is 101 cm³/mol. The van der Waals surface area contributed by atoms with Crippen molar-refractivity contribution in [3.05, 3.63) is 42.2 Å². The Hall–Kier alpha value is -2.83. The molecule has 1 heterocycles. The zero-order chi connectivity index (χ0) is 18.4. The SMILES string of the molecule is CCCC(=O)Nc1cc2nc(-c3ccc(F)cc3)[nH]c2cc1N.[B]C. The number of imidazole rings is 1. The first-order chi connectivity index (χ1) is 12.1. The van der Waals surface area contributed by atoms with Gasteiger partial charge in [-0.05, 0) is 42.8 Å². The van der Waals surface area contributed by atoms with E-state index < -0.39 is 0 Å². The van der Waals surface area contributed by atoms with Crippen LogP contribution in [0.15, 0.2) is 36.4 Å². The Morgan fingerprint density at radius 3 is 2.60 bits per heavy atom. The third-order valence-corrected chi connectivity index (χ3v) is 3.52. The Kier molecular flexibility index (Phi) is 6.17.